The quantitative estimate of drug-likeness (QED) is 0.632. The van der Waals surface area contributed by atoms with Gasteiger partial charge in [-0.2, -0.15) is 0 Å². The van der Waals surface area contributed by atoms with Gasteiger partial charge in [-0.05, 0) is 97.7 Å². The average Bonchev–Trinajstić information content (AvgIpc) is 3.41. The van der Waals surface area contributed by atoms with Crippen molar-refractivity contribution in [2.45, 2.75) is 83.0 Å². The summed E-state index contributed by atoms with van der Waals surface area (Å²) in [6, 6.07) is 0. The average molecular weight is 347 g/mol. The molecule has 6 saturated carbocycles. The van der Waals surface area contributed by atoms with Crippen molar-refractivity contribution in [1.29, 1.82) is 0 Å². The standard InChI is InChI=1S/C22H34O3/c1-19-6-4-11(23)10-22(19,25)16-8-12(16)17-14(19)5-7-20(2)18(17)13-9-15(13)21(20,3)24/h11-18,23-25H,4-10H2,1-3H3/t11-,12-,13+,14?,15-,16+,17?,18?,19+,20-,21-,22+/m0/s1. The first-order valence-electron chi connectivity index (χ1n) is 10.8. The maximum Gasteiger partial charge on any atom is 0.0759 e. The number of fused-ring (bicyclic) bond motifs is 10. The summed E-state index contributed by atoms with van der Waals surface area (Å²) in [7, 11) is 0. The van der Waals surface area contributed by atoms with Crippen LogP contribution in [-0.2, 0) is 0 Å². The van der Waals surface area contributed by atoms with Gasteiger partial charge in [0.1, 0.15) is 0 Å². The largest absolute Gasteiger partial charge is 0.393 e. The molecule has 6 fully saturated rings. The first-order chi connectivity index (χ1) is 11.7. The van der Waals surface area contributed by atoms with Gasteiger partial charge in [-0.3, -0.25) is 0 Å². The Hall–Kier alpha value is -0.120. The molecule has 3 nitrogen and oxygen atoms in total. The van der Waals surface area contributed by atoms with Crippen molar-refractivity contribution < 1.29 is 15.3 Å². The molecular weight excluding hydrogens is 312 g/mol. The molecule has 0 aromatic carbocycles. The summed E-state index contributed by atoms with van der Waals surface area (Å²) in [5.41, 5.74) is -1.09. The molecular formula is C22H34O3. The Bertz CT molecular complexity index is 645. The number of hydrogen-bond acceptors (Lipinski definition) is 3. The Morgan fingerprint density at radius 3 is 2.24 bits per heavy atom. The fourth-order valence-corrected chi connectivity index (χ4v) is 9.48. The van der Waals surface area contributed by atoms with Crippen LogP contribution in [0.5, 0.6) is 0 Å². The highest BCUT2D eigenvalue weighted by Crippen LogP contribution is 2.81. The first-order valence-corrected chi connectivity index (χ1v) is 10.8. The topological polar surface area (TPSA) is 60.7 Å². The third-order valence-electron chi connectivity index (χ3n) is 11.1. The van der Waals surface area contributed by atoms with Gasteiger partial charge in [0.2, 0.25) is 0 Å². The highest BCUT2D eigenvalue weighted by Gasteiger charge is 2.80. The predicted molar refractivity (Wildman–Crippen MR) is 94.5 cm³/mol. The van der Waals surface area contributed by atoms with Crippen molar-refractivity contribution in [2.24, 2.45) is 52.3 Å². The first kappa shape index (κ1) is 15.9. The molecule has 0 heterocycles. The normalized spacial score (nSPS) is 72.7. The molecule has 3 heteroatoms. The highest BCUT2D eigenvalue weighted by atomic mass is 16.3. The molecule has 3 N–H and O–H groups in total. The lowest BCUT2D eigenvalue weighted by atomic mass is 9.42. The lowest BCUT2D eigenvalue weighted by molar-refractivity contribution is -0.235. The Balaban J connectivity index is 1.44. The van der Waals surface area contributed by atoms with E-state index in [1.807, 2.05) is 0 Å². The van der Waals surface area contributed by atoms with E-state index in [4.69, 9.17) is 0 Å². The molecule has 0 aromatic heterocycles. The van der Waals surface area contributed by atoms with Crippen LogP contribution in [-0.4, -0.2) is 32.6 Å². The zero-order valence-corrected chi connectivity index (χ0v) is 15.9. The summed E-state index contributed by atoms with van der Waals surface area (Å²) in [4.78, 5) is 0. The van der Waals surface area contributed by atoms with E-state index >= 15 is 0 Å². The number of aliphatic hydroxyl groups excluding tert-OH is 1. The molecule has 140 valence electrons. The van der Waals surface area contributed by atoms with Crippen LogP contribution in [0.1, 0.15) is 65.7 Å². The molecule has 0 radical (unpaired) electrons. The van der Waals surface area contributed by atoms with Gasteiger partial charge in [-0.25, -0.2) is 0 Å². The zero-order valence-electron chi connectivity index (χ0n) is 15.9. The van der Waals surface area contributed by atoms with E-state index in [2.05, 4.69) is 20.8 Å². The smallest absolute Gasteiger partial charge is 0.0759 e. The van der Waals surface area contributed by atoms with Gasteiger partial charge < -0.3 is 15.3 Å². The Morgan fingerprint density at radius 2 is 1.48 bits per heavy atom. The summed E-state index contributed by atoms with van der Waals surface area (Å²) in [5.74, 6) is 4.26. The van der Waals surface area contributed by atoms with E-state index in [1.165, 1.54) is 6.42 Å². The second kappa shape index (κ2) is 4.15. The fourth-order valence-electron chi connectivity index (χ4n) is 9.48. The van der Waals surface area contributed by atoms with Crippen LogP contribution in [0.3, 0.4) is 0 Å². The maximum absolute atomic E-state index is 11.7. The van der Waals surface area contributed by atoms with Crippen molar-refractivity contribution in [2.75, 3.05) is 0 Å². The SMILES string of the molecule is C[C@]12CCC3C(C1[C@@H]1C[C@@H]1[C@]2(C)O)[C@H]1C[C@H]1[C@]1(O)C[C@@H](O)CC[C@]31C. The predicted octanol–water partition coefficient (Wildman–Crippen LogP) is 2.97. The number of rotatable bonds is 0. The molecule has 0 saturated heterocycles. The van der Waals surface area contributed by atoms with E-state index < -0.39 is 11.2 Å². The van der Waals surface area contributed by atoms with Crippen LogP contribution in [0.25, 0.3) is 0 Å². The molecule has 0 amide bonds. The summed E-state index contributed by atoms with van der Waals surface area (Å²) >= 11 is 0. The monoisotopic (exact) mass is 346 g/mol. The molecule has 6 aliphatic rings. The minimum absolute atomic E-state index is 0.0330. The molecule has 0 bridgehead atoms. The molecule has 6 rings (SSSR count). The van der Waals surface area contributed by atoms with Gasteiger partial charge in [0.25, 0.3) is 0 Å². The number of aliphatic hydroxyl groups is 3. The van der Waals surface area contributed by atoms with E-state index in [9.17, 15) is 15.3 Å². The Labute approximate surface area is 151 Å². The van der Waals surface area contributed by atoms with E-state index in [-0.39, 0.29) is 16.9 Å². The van der Waals surface area contributed by atoms with E-state index in [1.54, 1.807) is 0 Å². The molecule has 25 heavy (non-hydrogen) atoms. The lowest BCUT2D eigenvalue weighted by Crippen LogP contribution is -2.65. The molecule has 12 atom stereocenters. The molecule has 0 aromatic rings. The van der Waals surface area contributed by atoms with Crippen molar-refractivity contribution in [3.8, 4) is 0 Å². The summed E-state index contributed by atoms with van der Waals surface area (Å²) in [5, 5.41) is 33.4. The van der Waals surface area contributed by atoms with Gasteiger partial charge in [0.15, 0.2) is 0 Å². The van der Waals surface area contributed by atoms with Crippen LogP contribution in [0.2, 0.25) is 0 Å². The van der Waals surface area contributed by atoms with Crippen LogP contribution in [0.15, 0.2) is 0 Å². The zero-order chi connectivity index (χ0) is 17.6. The lowest BCUT2D eigenvalue weighted by Gasteiger charge is -2.64. The summed E-state index contributed by atoms with van der Waals surface area (Å²) < 4.78 is 0. The van der Waals surface area contributed by atoms with E-state index in [0.717, 1.165) is 38.0 Å². The van der Waals surface area contributed by atoms with Crippen LogP contribution < -0.4 is 0 Å². The van der Waals surface area contributed by atoms with Crippen molar-refractivity contribution in [3.63, 3.8) is 0 Å². The Kier molecular flexibility index (Phi) is 2.64. The third kappa shape index (κ3) is 1.51. The molecule has 0 spiro atoms. The van der Waals surface area contributed by atoms with Crippen LogP contribution >= 0.6 is 0 Å². The van der Waals surface area contributed by atoms with Gasteiger partial charge in [0, 0.05) is 6.42 Å². The number of hydrogen-bond donors (Lipinski definition) is 3. The highest BCUT2D eigenvalue weighted by molar-refractivity contribution is 5.29. The second-order valence-electron chi connectivity index (χ2n) is 11.6. The second-order valence-corrected chi connectivity index (χ2v) is 11.6. The minimum Gasteiger partial charge on any atom is -0.393 e. The van der Waals surface area contributed by atoms with Gasteiger partial charge in [-0.1, -0.05) is 13.8 Å². The molecule has 0 aliphatic heterocycles. The fraction of sp³-hybridized carbons (Fsp3) is 1.00. The minimum atomic E-state index is -0.645. The van der Waals surface area contributed by atoms with Crippen LogP contribution in [0, 0.1) is 52.3 Å². The molecule has 6 aliphatic carbocycles. The summed E-state index contributed by atoms with van der Waals surface area (Å²) in [6.07, 6.45) is 6.77. The van der Waals surface area contributed by atoms with Crippen molar-refractivity contribution in [1.82, 2.24) is 0 Å². The summed E-state index contributed by atoms with van der Waals surface area (Å²) in [6.45, 7) is 6.86. The Morgan fingerprint density at radius 1 is 0.800 bits per heavy atom. The van der Waals surface area contributed by atoms with Crippen molar-refractivity contribution in [3.05, 3.63) is 0 Å². The van der Waals surface area contributed by atoms with Crippen LogP contribution in [0.4, 0.5) is 0 Å². The maximum atomic E-state index is 11.7. The van der Waals surface area contributed by atoms with Gasteiger partial charge in [0.05, 0.1) is 17.3 Å². The van der Waals surface area contributed by atoms with Crippen molar-refractivity contribution >= 4 is 0 Å². The molecule has 3 unspecified atom stereocenters. The van der Waals surface area contributed by atoms with E-state index in [0.29, 0.717) is 41.9 Å². The van der Waals surface area contributed by atoms with Gasteiger partial charge >= 0.3 is 0 Å². The third-order valence-corrected chi connectivity index (χ3v) is 11.1. The van der Waals surface area contributed by atoms with Gasteiger partial charge in [-0.15, -0.1) is 0 Å².